The van der Waals surface area contributed by atoms with E-state index in [2.05, 4.69) is 39.5 Å². The van der Waals surface area contributed by atoms with Crippen molar-refractivity contribution in [1.82, 2.24) is 0 Å². The van der Waals surface area contributed by atoms with E-state index in [-0.39, 0.29) is 54.8 Å². The van der Waals surface area contributed by atoms with Crippen molar-refractivity contribution in [2.45, 2.75) is 0 Å². The zero-order valence-electron chi connectivity index (χ0n) is 28.2. The molecule has 12 nitrogen and oxygen atoms in total. The summed E-state index contributed by atoms with van der Waals surface area (Å²) in [6.45, 7) is 22.3. The van der Waals surface area contributed by atoms with Crippen LogP contribution >= 0.6 is 0 Å². The first-order chi connectivity index (χ1) is 24.6. The monoisotopic (exact) mass is 702 g/mol. The fraction of sp³-hybridized carbons (Fsp3) is 0.154. The molecule has 0 spiro atoms. The van der Waals surface area contributed by atoms with Crippen molar-refractivity contribution in [2.75, 3.05) is 39.6 Å². The van der Waals surface area contributed by atoms with Crippen LogP contribution in [0.15, 0.2) is 131 Å². The lowest BCUT2D eigenvalue weighted by Crippen LogP contribution is -2.06. The summed E-state index contributed by atoms with van der Waals surface area (Å²) in [5.41, 5.74) is 0.828. The number of hydrogen-bond acceptors (Lipinski definition) is 12. The Morgan fingerprint density at radius 3 is 1.20 bits per heavy atom. The summed E-state index contributed by atoms with van der Waals surface area (Å²) in [7, 11) is 0. The Balaban J connectivity index is 0.000000389. The molecule has 51 heavy (non-hydrogen) atoms. The summed E-state index contributed by atoms with van der Waals surface area (Å²) in [5, 5.41) is 27.7. The molecule has 0 aliphatic carbocycles. The second-order valence-corrected chi connectivity index (χ2v) is 9.51. The summed E-state index contributed by atoms with van der Waals surface area (Å²) < 4.78 is 30.6. The van der Waals surface area contributed by atoms with Gasteiger partial charge in [-0.15, -0.1) is 0 Å². The van der Waals surface area contributed by atoms with Gasteiger partial charge < -0.3 is 43.7 Å². The van der Waals surface area contributed by atoms with Crippen molar-refractivity contribution in [3.05, 3.63) is 147 Å². The number of phenolic OH excluding ortho intramolecular Hbond substituents is 3. The van der Waals surface area contributed by atoms with Gasteiger partial charge in [-0.1, -0.05) is 75.9 Å². The number of ether oxygens (including phenoxy) is 6. The molecule has 0 aliphatic rings. The molecule has 0 fully saturated rings. The van der Waals surface area contributed by atoms with Crippen molar-refractivity contribution in [1.29, 1.82) is 0 Å². The molecule has 0 bridgehead atoms. The minimum Gasteiger partial charge on any atom is -0.504 e. The number of carbonyl (C=O) groups is 3. The maximum Gasteiger partial charge on any atom is 0.338 e. The summed E-state index contributed by atoms with van der Waals surface area (Å²) >= 11 is 0. The second kappa shape index (κ2) is 24.5. The highest BCUT2D eigenvalue weighted by Crippen LogP contribution is 2.29. The van der Waals surface area contributed by atoms with Gasteiger partial charge in [-0.25, -0.2) is 14.4 Å². The lowest BCUT2D eigenvalue weighted by Gasteiger charge is -2.12. The number of rotatable bonds is 18. The largest absolute Gasteiger partial charge is 0.504 e. The van der Waals surface area contributed by atoms with Gasteiger partial charge in [0.25, 0.3) is 0 Å². The summed E-state index contributed by atoms with van der Waals surface area (Å²) in [6.07, 6.45) is 9.22. The maximum absolute atomic E-state index is 11.8. The van der Waals surface area contributed by atoms with Crippen LogP contribution in [0.2, 0.25) is 0 Å². The van der Waals surface area contributed by atoms with Gasteiger partial charge in [-0.3, -0.25) is 0 Å². The molecule has 0 aliphatic heterocycles. The fourth-order valence-electron chi connectivity index (χ4n) is 3.38. The molecule has 0 aromatic heterocycles. The zero-order chi connectivity index (χ0) is 38.0. The van der Waals surface area contributed by atoms with Crippen LogP contribution in [0.1, 0.15) is 31.1 Å². The van der Waals surface area contributed by atoms with E-state index in [9.17, 15) is 19.5 Å². The van der Waals surface area contributed by atoms with E-state index in [0.29, 0.717) is 36.0 Å². The summed E-state index contributed by atoms with van der Waals surface area (Å²) in [4.78, 5) is 34.4. The van der Waals surface area contributed by atoms with Crippen LogP contribution in [-0.4, -0.2) is 72.9 Å². The van der Waals surface area contributed by atoms with E-state index in [0.717, 1.165) is 6.07 Å². The van der Waals surface area contributed by atoms with Crippen LogP contribution in [0.3, 0.4) is 0 Å². The smallest absolute Gasteiger partial charge is 0.338 e. The second-order valence-electron chi connectivity index (χ2n) is 9.51. The third kappa shape index (κ3) is 15.8. The molecule has 270 valence electrons. The number of carbonyl (C=O) groups excluding carboxylic acids is 3. The number of phenols is 3. The summed E-state index contributed by atoms with van der Waals surface area (Å²) in [5.74, 6) is -0.973. The Labute approximate surface area is 297 Å². The van der Waals surface area contributed by atoms with E-state index in [1.807, 2.05) is 0 Å². The van der Waals surface area contributed by atoms with Gasteiger partial charge in [0.1, 0.15) is 39.6 Å². The van der Waals surface area contributed by atoms with Crippen molar-refractivity contribution in [2.24, 2.45) is 0 Å². The molecule has 0 atom stereocenters. The number of benzene rings is 3. The van der Waals surface area contributed by atoms with E-state index in [4.69, 9.17) is 38.6 Å². The molecule has 12 heteroatoms. The molecule has 3 N–H and O–H groups in total. The van der Waals surface area contributed by atoms with Crippen LogP contribution in [0.4, 0.5) is 0 Å². The van der Waals surface area contributed by atoms with Crippen LogP contribution < -0.4 is 14.2 Å². The van der Waals surface area contributed by atoms with Crippen molar-refractivity contribution in [3.8, 4) is 34.5 Å². The van der Waals surface area contributed by atoms with E-state index < -0.39 is 17.9 Å². The topological polar surface area (TPSA) is 167 Å². The first-order valence-electron chi connectivity index (χ1n) is 15.1. The van der Waals surface area contributed by atoms with E-state index in [1.54, 1.807) is 36.4 Å². The quantitative estimate of drug-likeness (QED) is 0.0544. The molecule has 0 heterocycles. The molecular formula is C39H42O12. The summed E-state index contributed by atoms with van der Waals surface area (Å²) in [6, 6.07) is 12.9. The van der Waals surface area contributed by atoms with Crippen LogP contribution in [-0.2, 0) is 14.2 Å². The third-order valence-electron chi connectivity index (χ3n) is 5.65. The van der Waals surface area contributed by atoms with Gasteiger partial charge in [-0.2, -0.15) is 0 Å². The predicted octanol–water partition coefficient (Wildman–Crippen LogP) is 6.90. The van der Waals surface area contributed by atoms with Gasteiger partial charge in [0.15, 0.2) is 34.5 Å². The fourth-order valence-corrected chi connectivity index (χ4v) is 3.38. The highest BCUT2D eigenvalue weighted by atomic mass is 16.5. The lowest BCUT2D eigenvalue weighted by molar-refractivity contribution is 0.0540. The average Bonchev–Trinajstić information content (AvgIpc) is 3.14. The highest BCUT2D eigenvalue weighted by Gasteiger charge is 2.13. The zero-order valence-corrected chi connectivity index (χ0v) is 28.2. The Bertz CT molecular complexity index is 1660. The van der Waals surface area contributed by atoms with Gasteiger partial charge in [-0.05, 0) is 54.6 Å². The highest BCUT2D eigenvalue weighted by molar-refractivity contribution is 5.91. The molecule has 0 unspecified atom stereocenters. The lowest BCUT2D eigenvalue weighted by atomic mass is 10.2. The van der Waals surface area contributed by atoms with Gasteiger partial charge in [0, 0.05) is 0 Å². The Hall–Kier alpha value is -6.69. The predicted molar refractivity (Wildman–Crippen MR) is 193 cm³/mol. The molecule has 0 saturated carbocycles. The van der Waals surface area contributed by atoms with Crippen LogP contribution in [0.25, 0.3) is 0 Å². The van der Waals surface area contributed by atoms with Gasteiger partial charge in [0.05, 0.1) is 16.7 Å². The normalized spacial score (nSPS) is 9.41. The standard InChI is InChI=1S/C16H18O4.C13H14O4.C10H10O4/c1-4-9-18-14-8-7-13(16(17)20-11-6-3)12-15(14)19-10-5-2;1-3-7-16-12-6-5-10(9-11(12)14)13(15)17-8-4-2;1-2-5-14-10(13)7-3-4-8(11)9(12)6-7/h4-8,12H,1-3,9-11H2;3-6,9,14H,1-2,7-8H2;2-4,6,11-12H,1,5H2. The number of esters is 3. The van der Waals surface area contributed by atoms with Crippen LogP contribution in [0.5, 0.6) is 34.5 Å². The number of hydrogen-bond donors (Lipinski definition) is 3. The molecule has 3 aromatic carbocycles. The Morgan fingerprint density at radius 2 is 0.784 bits per heavy atom. The SMILES string of the molecule is C=CCOC(=O)c1ccc(O)c(O)c1.C=CCOC(=O)c1ccc(OCC=C)c(O)c1.C=CCOC(=O)c1ccc(OCC=C)c(OCC=C)c1. The minimum absolute atomic E-state index is 0.111. The van der Waals surface area contributed by atoms with Crippen LogP contribution in [0, 0.1) is 0 Å². The molecule has 3 aromatic rings. The molecular weight excluding hydrogens is 660 g/mol. The number of aromatic hydroxyl groups is 3. The third-order valence-corrected chi connectivity index (χ3v) is 5.65. The van der Waals surface area contributed by atoms with Crippen molar-refractivity contribution < 1.29 is 58.1 Å². The Morgan fingerprint density at radius 1 is 0.431 bits per heavy atom. The molecule has 0 amide bonds. The minimum atomic E-state index is -0.569. The maximum atomic E-state index is 11.8. The van der Waals surface area contributed by atoms with Gasteiger partial charge >= 0.3 is 17.9 Å². The first kappa shape index (κ1) is 42.3. The first-order valence-corrected chi connectivity index (χ1v) is 15.1. The van der Waals surface area contributed by atoms with E-state index >= 15 is 0 Å². The average molecular weight is 703 g/mol. The van der Waals surface area contributed by atoms with Gasteiger partial charge in [0.2, 0.25) is 0 Å². The molecule has 3 rings (SSSR count). The van der Waals surface area contributed by atoms with E-state index in [1.165, 1.54) is 48.6 Å². The molecule has 0 saturated heterocycles. The molecule has 0 radical (unpaired) electrons. The van der Waals surface area contributed by atoms with Crippen molar-refractivity contribution >= 4 is 17.9 Å². The Kier molecular flexibility index (Phi) is 20.3. The van der Waals surface area contributed by atoms with Crippen molar-refractivity contribution in [3.63, 3.8) is 0 Å².